The van der Waals surface area contributed by atoms with Gasteiger partial charge in [0.05, 0.1) is 18.1 Å². The number of aliphatic hydroxyl groups excluding tert-OH is 1. The SMILES string of the molecule is O=C(CC(O)c1ccc(F)cc1F)NC1(c2cc(OCC(F)(F)F)cc(C3CC3)c2)CC1. The Morgan fingerprint density at radius 3 is 2.47 bits per heavy atom. The second-order valence-electron chi connectivity index (χ2n) is 8.48. The first kappa shape index (κ1) is 22.5. The lowest BCUT2D eigenvalue weighted by Crippen LogP contribution is -2.35. The zero-order chi connectivity index (χ0) is 23.1. The summed E-state index contributed by atoms with van der Waals surface area (Å²) in [7, 11) is 0. The van der Waals surface area contributed by atoms with Crippen LogP contribution in [0.2, 0.25) is 0 Å². The maximum Gasteiger partial charge on any atom is 0.422 e. The molecule has 0 saturated heterocycles. The monoisotopic (exact) mass is 455 g/mol. The van der Waals surface area contributed by atoms with Crippen LogP contribution in [0.25, 0.3) is 0 Å². The molecule has 0 aromatic heterocycles. The molecule has 0 spiro atoms. The minimum Gasteiger partial charge on any atom is -0.484 e. The van der Waals surface area contributed by atoms with Crippen molar-refractivity contribution >= 4 is 5.91 Å². The Labute approximate surface area is 181 Å². The fraction of sp³-hybridized carbons (Fsp3) is 0.435. The second kappa shape index (κ2) is 8.35. The van der Waals surface area contributed by atoms with Crippen molar-refractivity contribution in [3.05, 3.63) is 64.7 Å². The summed E-state index contributed by atoms with van der Waals surface area (Å²) in [6, 6.07) is 7.69. The van der Waals surface area contributed by atoms with E-state index in [-0.39, 0.29) is 17.2 Å². The van der Waals surface area contributed by atoms with E-state index in [1.807, 2.05) is 6.07 Å². The van der Waals surface area contributed by atoms with Gasteiger partial charge in [-0.3, -0.25) is 4.79 Å². The molecule has 9 heteroatoms. The van der Waals surface area contributed by atoms with E-state index in [2.05, 4.69) is 5.32 Å². The van der Waals surface area contributed by atoms with Crippen LogP contribution in [0.5, 0.6) is 5.75 Å². The third-order valence-corrected chi connectivity index (χ3v) is 5.76. The van der Waals surface area contributed by atoms with Crippen molar-refractivity contribution in [3.63, 3.8) is 0 Å². The quantitative estimate of drug-likeness (QED) is 0.550. The van der Waals surface area contributed by atoms with Gasteiger partial charge in [-0.15, -0.1) is 0 Å². The fourth-order valence-corrected chi connectivity index (χ4v) is 3.79. The number of amides is 1. The Bertz CT molecular complexity index is 1020. The van der Waals surface area contributed by atoms with Crippen molar-refractivity contribution in [1.29, 1.82) is 0 Å². The van der Waals surface area contributed by atoms with Crippen molar-refractivity contribution in [3.8, 4) is 5.75 Å². The standard InChI is InChI=1S/C23H22F5NO3/c24-16-3-4-18(19(25)10-16)20(30)11-21(31)29-22(5-6-22)15-7-14(13-1-2-13)8-17(9-15)32-12-23(26,27)28/h3-4,7-10,13,20,30H,1-2,5-6,11-12H2,(H,29,31). The minimum absolute atomic E-state index is 0.0932. The van der Waals surface area contributed by atoms with Crippen molar-refractivity contribution in [1.82, 2.24) is 5.32 Å². The molecule has 4 rings (SSSR count). The van der Waals surface area contributed by atoms with Crippen molar-refractivity contribution in [2.75, 3.05) is 6.61 Å². The van der Waals surface area contributed by atoms with Crippen LogP contribution in [0.4, 0.5) is 22.0 Å². The van der Waals surface area contributed by atoms with E-state index in [4.69, 9.17) is 4.74 Å². The highest BCUT2D eigenvalue weighted by atomic mass is 19.4. The van der Waals surface area contributed by atoms with E-state index in [1.54, 1.807) is 6.07 Å². The smallest absolute Gasteiger partial charge is 0.422 e. The Morgan fingerprint density at radius 2 is 1.88 bits per heavy atom. The Morgan fingerprint density at radius 1 is 1.16 bits per heavy atom. The van der Waals surface area contributed by atoms with Crippen LogP contribution in [-0.2, 0) is 10.3 Å². The molecule has 0 heterocycles. The lowest BCUT2D eigenvalue weighted by molar-refractivity contribution is -0.153. The van der Waals surface area contributed by atoms with E-state index < -0.39 is 48.4 Å². The number of ether oxygens (including phenoxy) is 1. The summed E-state index contributed by atoms with van der Waals surface area (Å²) in [5.41, 5.74) is 0.563. The van der Waals surface area contributed by atoms with Gasteiger partial charge in [-0.05, 0) is 60.9 Å². The molecule has 2 aliphatic carbocycles. The summed E-state index contributed by atoms with van der Waals surface area (Å²) < 4.78 is 69.7. The lowest BCUT2D eigenvalue weighted by atomic mass is 9.98. The Balaban J connectivity index is 1.48. The minimum atomic E-state index is -4.47. The molecule has 0 radical (unpaired) electrons. The van der Waals surface area contributed by atoms with Crippen LogP contribution in [0.3, 0.4) is 0 Å². The number of carbonyl (C=O) groups is 1. The van der Waals surface area contributed by atoms with Crippen LogP contribution in [0.15, 0.2) is 36.4 Å². The molecule has 0 bridgehead atoms. The molecule has 2 N–H and O–H groups in total. The maximum atomic E-state index is 13.9. The average Bonchev–Trinajstić information content (AvgIpc) is 3.60. The zero-order valence-corrected chi connectivity index (χ0v) is 17.0. The average molecular weight is 455 g/mol. The summed E-state index contributed by atoms with van der Waals surface area (Å²) in [4.78, 5) is 12.6. The largest absolute Gasteiger partial charge is 0.484 e. The summed E-state index contributed by atoms with van der Waals surface area (Å²) in [5, 5.41) is 13.0. The molecule has 2 aromatic rings. The fourth-order valence-electron chi connectivity index (χ4n) is 3.79. The topological polar surface area (TPSA) is 58.6 Å². The number of carbonyl (C=O) groups excluding carboxylic acids is 1. The van der Waals surface area contributed by atoms with Gasteiger partial charge in [0.25, 0.3) is 0 Å². The molecule has 2 fully saturated rings. The first-order valence-corrected chi connectivity index (χ1v) is 10.3. The number of nitrogens with one attached hydrogen (secondary N) is 1. The summed E-state index contributed by atoms with van der Waals surface area (Å²) in [6.45, 7) is -1.41. The first-order chi connectivity index (χ1) is 15.0. The van der Waals surface area contributed by atoms with Gasteiger partial charge in [0.2, 0.25) is 5.91 Å². The highest BCUT2D eigenvalue weighted by Crippen LogP contribution is 2.49. The molecule has 2 saturated carbocycles. The van der Waals surface area contributed by atoms with Crippen molar-refractivity contribution < 1.29 is 36.6 Å². The van der Waals surface area contributed by atoms with Crippen LogP contribution >= 0.6 is 0 Å². The van der Waals surface area contributed by atoms with Crippen LogP contribution < -0.4 is 10.1 Å². The van der Waals surface area contributed by atoms with E-state index in [9.17, 15) is 31.9 Å². The van der Waals surface area contributed by atoms with Gasteiger partial charge in [0.1, 0.15) is 17.4 Å². The maximum absolute atomic E-state index is 13.9. The molecular formula is C23H22F5NO3. The number of halogens is 5. The van der Waals surface area contributed by atoms with Gasteiger partial charge >= 0.3 is 6.18 Å². The van der Waals surface area contributed by atoms with E-state index in [0.717, 1.165) is 30.5 Å². The number of aliphatic hydroxyl groups is 1. The molecule has 172 valence electrons. The number of hydrogen-bond acceptors (Lipinski definition) is 3. The van der Waals surface area contributed by atoms with Crippen molar-refractivity contribution in [2.24, 2.45) is 0 Å². The third-order valence-electron chi connectivity index (χ3n) is 5.76. The summed E-state index contributed by atoms with van der Waals surface area (Å²) >= 11 is 0. The molecule has 4 nitrogen and oxygen atoms in total. The number of rotatable bonds is 8. The van der Waals surface area contributed by atoms with E-state index >= 15 is 0 Å². The number of hydrogen-bond donors (Lipinski definition) is 2. The lowest BCUT2D eigenvalue weighted by Gasteiger charge is -2.22. The van der Waals surface area contributed by atoms with Gasteiger partial charge in [-0.1, -0.05) is 12.1 Å². The van der Waals surface area contributed by atoms with Gasteiger partial charge in [-0.25, -0.2) is 8.78 Å². The first-order valence-electron chi connectivity index (χ1n) is 10.3. The molecular weight excluding hydrogens is 433 g/mol. The van der Waals surface area contributed by atoms with Gasteiger partial charge in [0.15, 0.2) is 6.61 Å². The predicted molar refractivity (Wildman–Crippen MR) is 105 cm³/mol. The second-order valence-corrected chi connectivity index (χ2v) is 8.48. The molecule has 1 amide bonds. The molecule has 1 atom stereocenters. The summed E-state index contributed by atoms with van der Waals surface area (Å²) in [6.07, 6.45) is -3.33. The summed E-state index contributed by atoms with van der Waals surface area (Å²) in [5.74, 6) is -1.93. The molecule has 0 aliphatic heterocycles. The Hall–Kier alpha value is -2.68. The zero-order valence-electron chi connectivity index (χ0n) is 17.0. The van der Waals surface area contributed by atoms with E-state index in [1.165, 1.54) is 6.07 Å². The van der Waals surface area contributed by atoms with Gasteiger partial charge < -0.3 is 15.2 Å². The van der Waals surface area contributed by atoms with Crippen LogP contribution in [0.1, 0.15) is 60.8 Å². The van der Waals surface area contributed by atoms with Crippen LogP contribution in [0, 0.1) is 11.6 Å². The van der Waals surface area contributed by atoms with Gasteiger partial charge in [-0.2, -0.15) is 13.2 Å². The van der Waals surface area contributed by atoms with Crippen molar-refractivity contribution in [2.45, 2.75) is 55.8 Å². The van der Waals surface area contributed by atoms with E-state index in [0.29, 0.717) is 24.5 Å². The third kappa shape index (κ3) is 5.38. The molecule has 2 aliphatic rings. The highest BCUT2D eigenvalue weighted by molar-refractivity contribution is 5.78. The van der Waals surface area contributed by atoms with Gasteiger partial charge in [0, 0.05) is 11.6 Å². The normalized spacial score (nSPS) is 18.2. The molecule has 2 aromatic carbocycles. The Kier molecular flexibility index (Phi) is 5.87. The van der Waals surface area contributed by atoms with Crippen LogP contribution in [-0.4, -0.2) is 23.8 Å². The highest BCUT2D eigenvalue weighted by Gasteiger charge is 2.46. The predicted octanol–water partition coefficient (Wildman–Crippen LogP) is 5.01. The number of alkyl halides is 3. The number of benzene rings is 2. The molecule has 32 heavy (non-hydrogen) atoms. The molecule has 1 unspecified atom stereocenters.